The van der Waals surface area contributed by atoms with Gasteiger partial charge in [0.15, 0.2) is 0 Å². The Morgan fingerprint density at radius 2 is 2.14 bits per heavy atom. The lowest BCUT2D eigenvalue weighted by Crippen LogP contribution is -2.06. The molecule has 0 radical (unpaired) electrons. The van der Waals surface area contributed by atoms with Crippen molar-refractivity contribution < 1.29 is 13.2 Å². The second kappa shape index (κ2) is 5.22. The minimum atomic E-state index is -1.58. The van der Waals surface area contributed by atoms with Crippen LogP contribution < -0.4 is 0 Å². The average Bonchev–Trinajstić information content (AvgIpc) is 2.00. The molecule has 14 heavy (non-hydrogen) atoms. The quantitative estimate of drug-likeness (QED) is 0.731. The molecule has 6 heteroatoms. The number of hydrogen-bond donors (Lipinski definition) is 0. The molecule has 1 aromatic carbocycles. The Morgan fingerprint density at radius 3 is 2.64 bits per heavy atom. The number of hydrogen-bond acceptors (Lipinski definition) is 3. The van der Waals surface area contributed by atoms with Gasteiger partial charge >= 0.3 is 5.97 Å². The summed E-state index contributed by atoms with van der Waals surface area (Å²) in [6.07, 6.45) is 1.31. The Hall–Kier alpha value is 0.0500. The highest BCUT2D eigenvalue weighted by Gasteiger charge is 2.10. The first-order valence-corrected chi connectivity index (χ1v) is 6.86. The molecule has 1 atom stereocenters. The number of benzene rings is 1. The normalized spacial score (nSPS) is 12.2. The van der Waals surface area contributed by atoms with Crippen molar-refractivity contribution in [2.45, 2.75) is 0 Å². The summed E-state index contributed by atoms with van der Waals surface area (Å²) in [5, 5.41) is 0. The Bertz CT molecular complexity index is 374. The van der Waals surface area contributed by atoms with Crippen LogP contribution in [0.5, 0.6) is 0 Å². The van der Waals surface area contributed by atoms with Crippen LogP contribution >= 0.6 is 38.5 Å². The predicted molar refractivity (Wildman–Crippen MR) is 66.3 cm³/mol. The van der Waals surface area contributed by atoms with Crippen LogP contribution in [0.3, 0.4) is 0 Å². The van der Waals surface area contributed by atoms with Crippen LogP contribution in [0.15, 0.2) is 22.7 Å². The fourth-order valence-electron chi connectivity index (χ4n) is 0.826. The van der Waals surface area contributed by atoms with E-state index in [1.54, 1.807) is 12.1 Å². The molecule has 0 aliphatic heterocycles. The van der Waals surface area contributed by atoms with Gasteiger partial charge < -0.3 is 4.18 Å². The van der Waals surface area contributed by atoms with Gasteiger partial charge in [0.05, 0.1) is 5.56 Å². The zero-order chi connectivity index (χ0) is 10.7. The van der Waals surface area contributed by atoms with Crippen LogP contribution in [0.25, 0.3) is 0 Å². The highest BCUT2D eigenvalue weighted by Crippen LogP contribution is 2.18. The maximum absolute atomic E-state index is 11.3. The molecule has 0 saturated heterocycles. The van der Waals surface area contributed by atoms with E-state index in [9.17, 15) is 9.00 Å². The van der Waals surface area contributed by atoms with E-state index < -0.39 is 17.0 Å². The van der Waals surface area contributed by atoms with Crippen molar-refractivity contribution in [2.75, 3.05) is 6.26 Å². The Labute approximate surface area is 106 Å². The summed E-state index contributed by atoms with van der Waals surface area (Å²) >= 11 is 3.77. The molecule has 0 aliphatic rings. The zero-order valence-electron chi connectivity index (χ0n) is 7.12. The Balaban J connectivity index is 2.95. The minimum Gasteiger partial charge on any atom is -0.360 e. The van der Waals surface area contributed by atoms with E-state index in [0.29, 0.717) is 5.56 Å². The lowest BCUT2D eigenvalue weighted by Gasteiger charge is -2.01. The summed E-state index contributed by atoms with van der Waals surface area (Å²) < 4.78 is 16.9. The van der Waals surface area contributed by atoms with E-state index in [1.807, 2.05) is 6.07 Å². The standard InChI is InChI=1S/C8H6BrIO3S/c1-14(12)13-8(11)5-2-6(9)4-7(10)3-5/h2-4H,1H3. The molecule has 1 aromatic rings. The van der Waals surface area contributed by atoms with Crippen LogP contribution in [-0.4, -0.2) is 16.4 Å². The van der Waals surface area contributed by atoms with Crippen molar-refractivity contribution >= 4 is 55.6 Å². The molecule has 0 fully saturated rings. The fourth-order valence-corrected chi connectivity index (χ4v) is 2.73. The third kappa shape index (κ3) is 3.66. The topological polar surface area (TPSA) is 43.4 Å². The Morgan fingerprint density at radius 1 is 1.50 bits per heavy atom. The van der Waals surface area contributed by atoms with Crippen molar-refractivity contribution in [3.8, 4) is 0 Å². The molecule has 76 valence electrons. The predicted octanol–water partition coefficient (Wildman–Crippen LogP) is 2.50. The molecule has 0 amide bonds. The molecule has 0 aliphatic carbocycles. The zero-order valence-corrected chi connectivity index (χ0v) is 11.7. The van der Waals surface area contributed by atoms with Gasteiger partial charge in [-0.2, -0.15) is 0 Å². The molecule has 0 heterocycles. The molecule has 0 bridgehead atoms. The van der Waals surface area contributed by atoms with Gasteiger partial charge in [0.1, 0.15) is 0 Å². The number of halogens is 2. The van der Waals surface area contributed by atoms with E-state index in [2.05, 4.69) is 42.7 Å². The highest BCUT2D eigenvalue weighted by molar-refractivity contribution is 14.1. The summed E-state index contributed by atoms with van der Waals surface area (Å²) in [5.41, 5.74) is 0.388. The summed E-state index contributed by atoms with van der Waals surface area (Å²) in [4.78, 5) is 11.3. The minimum absolute atomic E-state index is 0.388. The van der Waals surface area contributed by atoms with Gasteiger partial charge in [-0.25, -0.2) is 9.00 Å². The van der Waals surface area contributed by atoms with Crippen molar-refractivity contribution in [2.24, 2.45) is 0 Å². The van der Waals surface area contributed by atoms with Crippen molar-refractivity contribution in [3.05, 3.63) is 31.8 Å². The molecule has 0 spiro atoms. The van der Waals surface area contributed by atoms with Gasteiger partial charge in [-0.05, 0) is 40.8 Å². The number of rotatable bonds is 2. The highest BCUT2D eigenvalue weighted by atomic mass is 127. The van der Waals surface area contributed by atoms with Gasteiger partial charge in [0.25, 0.3) is 0 Å². The molecule has 0 N–H and O–H groups in total. The second-order valence-corrected chi connectivity index (χ2v) is 5.56. The van der Waals surface area contributed by atoms with E-state index in [0.717, 1.165) is 8.04 Å². The second-order valence-electron chi connectivity index (χ2n) is 2.43. The lowest BCUT2D eigenvalue weighted by molar-refractivity contribution is 0.0758. The largest absolute Gasteiger partial charge is 0.360 e. The van der Waals surface area contributed by atoms with E-state index in [-0.39, 0.29) is 0 Å². The third-order valence-corrected chi connectivity index (χ3v) is 2.76. The smallest absolute Gasteiger partial charge is 0.352 e. The van der Waals surface area contributed by atoms with Crippen LogP contribution in [0.2, 0.25) is 0 Å². The molecule has 0 aromatic heterocycles. The van der Waals surface area contributed by atoms with Crippen molar-refractivity contribution in [3.63, 3.8) is 0 Å². The SMILES string of the molecule is CS(=O)OC(=O)c1cc(Br)cc(I)c1. The first-order chi connectivity index (χ1) is 6.49. The summed E-state index contributed by atoms with van der Waals surface area (Å²) in [6, 6.07) is 5.15. The molecular formula is C8H6BrIO3S. The number of carbonyl (C=O) groups is 1. The molecule has 3 nitrogen and oxygen atoms in total. The van der Waals surface area contributed by atoms with Gasteiger partial charge in [0, 0.05) is 14.3 Å². The fraction of sp³-hybridized carbons (Fsp3) is 0.125. The Kier molecular flexibility index (Phi) is 4.52. The van der Waals surface area contributed by atoms with Crippen LogP contribution in [0.4, 0.5) is 0 Å². The van der Waals surface area contributed by atoms with Gasteiger partial charge in [-0.1, -0.05) is 15.9 Å². The van der Waals surface area contributed by atoms with Crippen molar-refractivity contribution in [1.82, 2.24) is 0 Å². The van der Waals surface area contributed by atoms with Crippen molar-refractivity contribution in [1.29, 1.82) is 0 Å². The average molecular weight is 389 g/mol. The maximum atomic E-state index is 11.3. The third-order valence-electron chi connectivity index (χ3n) is 1.29. The van der Waals surface area contributed by atoms with E-state index in [1.165, 1.54) is 6.26 Å². The lowest BCUT2D eigenvalue weighted by atomic mass is 10.2. The van der Waals surface area contributed by atoms with Gasteiger partial charge in [-0.3, -0.25) is 0 Å². The molecule has 0 saturated carbocycles. The summed E-state index contributed by atoms with van der Waals surface area (Å²) in [7, 11) is 0. The van der Waals surface area contributed by atoms with Gasteiger partial charge in [-0.15, -0.1) is 0 Å². The monoisotopic (exact) mass is 388 g/mol. The van der Waals surface area contributed by atoms with E-state index >= 15 is 0 Å². The summed E-state index contributed by atoms with van der Waals surface area (Å²) in [5.74, 6) is -0.579. The molecule has 1 rings (SSSR count). The molecule has 1 unspecified atom stereocenters. The summed E-state index contributed by atoms with van der Waals surface area (Å²) in [6.45, 7) is 0. The molecular weight excluding hydrogens is 383 g/mol. The van der Waals surface area contributed by atoms with Crippen LogP contribution in [0, 0.1) is 3.57 Å². The van der Waals surface area contributed by atoms with Gasteiger partial charge in [0.2, 0.25) is 11.1 Å². The van der Waals surface area contributed by atoms with E-state index in [4.69, 9.17) is 0 Å². The first-order valence-electron chi connectivity index (χ1n) is 3.51. The van der Waals surface area contributed by atoms with Crippen LogP contribution in [-0.2, 0) is 15.3 Å². The number of carbonyl (C=O) groups excluding carboxylic acids is 1. The first kappa shape index (κ1) is 12.1. The van der Waals surface area contributed by atoms with Crippen LogP contribution in [0.1, 0.15) is 10.4 Å². The maximum Gasteiger partial charge on any atom is 0.352 e.